The molecule has 0 radical (unpaired) electrons. The molecule has 12 aliphatic rings. The topological polar surface area (TPSA) is 31.4 Å². The first-order valence-corrected chi connectivity index (χ1v) is 58.3. The third kappa shape index (κ3) is 29.9. The summed E-state index contributed by atoms with van der Waals surface area (Å²) < 4.78 is 17.2. The second-order valence-corrected chi connectivity index (χ2v) is 47.6. The molecule has 0 aliphatic heterocycles. The van der Waals surface area contributed by atoms with Crippen molar-refractivity contribution in [1.82, 2.24) is 19.6 Å². The van der Waals surface area contributed by atoms with E-state index < -0.39 is 0 Å². The van der Waals surface area contributed by atoms with Gasteiger partial charge in [-0.3, -0.25) is 19.6 Å². The molecule has 12 unspecified atom stereocenters. The molecule has 710 valence electrons. The molecule has 0 amide bonds. The lowest BCUT2D eigenvalue weighted by Gasteiger charge is -2.71. The Morgan fingerprint density at radius 2 is 0.377 bits per heavy atom. The summed E-state index contributed by atoms with van der Waals surface area (Å²) in [6.45, 7) is 27.2. The molecule has 6 nitrogen and oxygen atoms in total. The zero-order valence-corrected chi connectivity index (χ0v) is 83.9. The third-order valence-corrected chi connectivity index (χ3v) is 38.7. The van der Waals surface area contributed by atoms with Crippen LogP contribution in [0.4, 0.5) is 0 Å². The van der Waals surface area contributed by atoms with Gasteiger partial charge in [-0.2, -0.15) is 0 Å². The Hall–Kier alpha value is -0.240. The normalized spacial score (nSPS) is 37.3. The Balaban J connectivity index is 1.03. The summed E-state index contributed by atoms with van der Waals surface area (Å²) >= 11 is 0. The van der Waals surface area contributed by atoms with Gasteiger partial charge in [-0.15, -0.1) is 0 Å². The maximum Gasteiger partial charge on any atom is 0.0624 e. The zero-order valence-electron chi connectivity index (χ0n) is 83.9. The highest BCUT2D eigenvalue weighted by molar-refractivity contribution is 5.20. The molecular formula is C116H214N4O2. The van der Waals surface area contributed by atoms with Crippen LogP contribution in [-0.2, 0) is 9.47 Å². The summed E-state index contributed by atoms with van der Waals surface area (Å²) in [5.74, 6) is 11.2. The van der Waals surface area contributed by atoms with Crippen molar-refractivity contribution in [3.05, 3.63) is 0 Å². The van der Waals surface area contributed by atoms with Gasteiger partial charge >= 0.3 is 0 Å². The smallest absolute Gasteiger partial charge is 0.0624 e. The molecule has 12 saturated carbocycles. The highest BCUT2D eigenvalue weighted by atomic mass is 16.5. The van der Waals surface area contributed by atoms with Crippen LogP contribution >= 0.6 is 0 Å². The molecule has 0 spiro atoms. The van der Waals surface area contributed by atoms with Crippen LogP contribution in [0.1, 0.15) is 557 Å². The Morgan fingerprint density at radius 3 is 0.598 bits per heavy atom. The minimum Gasteiger partial charge on any atom is -0.378 e. The fourth-order valence-corrected chi connectivity index (χ4v) is 31.5. The molecule has 0 aromatic carbocycles. The van der Waals surface area contributed by atoms with Gasteiger partial charge in [0.25, 0.3) is 0 Å². The van der Waals surface area contributed by atoms with E-state index in [2.05, 4.69) is 88.8 Å². The van der Waals surface area contributed by atoms with E-state index in [1.807, 2.05) is 0 Å². The Labute approximate surface area is 762 Å². The molecular weight excluding hydrogens is 1480 g/mol. The molecule has 0 bridgehead atoms. The number of hydrogen-bond acceptors (Lipinski definition) is 6. The molecule has 0 N–H and O–H groups in total. The predicted octanol–water partition coefficient (Wildman–Crippen LogP) is 34.0. The van der Waals surface area contributed by atoms with Crippen molar-refractivity contribution in [2.75, 3.05) is 13.2 Å². The molecule has 0 aromatic rings. The van der Waals surface area contributed by atoms with Crippen LogP contribution in [0.3, 0.4) is 0 Å². The van der Waals surface area contributed by atoms with E-state index in [0.29, 0.717) is 71.9 Å². The van der Waals surface area contributed by atoms with Crippen molar-refractivity contribution in [1.29, 1.82) is 0 Å². The van der Waals surface area contributed by atoms with Gasteiger partial charge in [0.05, 0.1) is 12.2 Å². The highest BCUT2D eigenvalue weighted by Crippen LogP contribution is 2.66. The lowest BCUT2D eigenvalue weighted by molar-refractivity contribution is -0.253. The Kier molecular flexibility index (Phi) is 46.3. The lowest BCUT2D eigenvalue weighted by atomic mass is 9.43. The summed E-state index contributed by atoms with van der Waals surface area (Å²) in [5.41, 5.74) is 0. The first-order valence-electron chi connectivity index (χ1n) is 58.3. The van der Waals surface area contributed by atoms with Crippen molar-refractivity contribution < 1.29 is 9.47 Å². The Morgan fingerprint density at radius 1 is 0.189 bits per heavy atom. The van der Waals surface area contributed by atoms with Crippen LogP contribution in [-0.4, -0.2) is 118 Å². The molecule has 122 heavy (non-hydrogen) atoms. The van der Waals surface area contributed by atoms with Crippen LogP contribution in [0.15, 0.2) is 0 Å². The highest BCUT2D eigenvalue weighted by Gasteiger charge is 2.69. The van der Waals surface area contributed by atoms with E-state index in [1.54, 1.807) is 0 Å². The summed E-state index contributed by atoms with van der Waals surface area (Å²) in [4.78, 5) is 14.7. The van der Waals surface area contributed by atoms with Crippen LogP contribution in [0.25, 0.3) is 0 Å². The van der Waals surface area contributed by atoms with E-state index in [1.165, 1.54) is 488 Å². The molecule has 0 saturated heterocycles. The SMILES string of the molecule is CCCCCCCCOC1CC2C3C4C(CC(OCCCCCCCC)C3C(N(C3CCC(C)CC3)C3CCC(CCCCCCCC)CC3)CC2N(C2CCC(C)CC2)C2CCC(CCCCCCCC)CC2)C(N(C2CCC(C)CC2)C2CCC(CCCCCCCC)CC2)CC(N(C2CCC(C)CC2)C2CCC(CCCCCCCC)CC2)C14. The van der Waals surface area contributed by atoms with E-state index in [0.717, 1.165) is 109 Å². The molecule has 12 atom stereocenters. The number of ether oxygens (including phenoxy) is 2. The maximum absolute atomic E-state index is 8.59. The van der Waals surface area contributed by atoms with Crippen LogP contribution < -0.4 is 0 Å². The Bertz CT molecular complexity index is 2430. The van der Waals surface area contributed by atoms with Crippen LogP contribution in [0, 0.1) is 82.9 Å². The minimum absolute atomic E-state index is 0.361. The molecule has 0 heterocycles. The number of unbranched alkanes of at least 4 members (excludes halogenated alkanes) is 30. The van der Waals surface area contributed by atoms with E-state index in [4.69, 9.17) is 9.47 Å². The molecule has 12 rings (SSSR count). The van der Waals surface area contributed by atoms with Gasteiger partial charge in [0.1, 0.15) is 0 Å². The van der Waals surface area contributed by atoms with Crippen LogP contribution in [0.5, 0.6) is 0 Å². The molecule has 12 aliphatic carbocycles. The fourth-order valence-electron chi connectivity index (χ4n) is 31.5. The molecule has 0 aromatic heterocycles. The van der Waals surface area contributed by atoms with Crippen molar-refractivity contribution in [2.45, 2.75) is 642 Å². The van der Waals surface area contributed by atoms with Gasteiger partial charge in [0, 0.05) is 97.6 Å². The average molecular weight is 1700 g/mol. The van der Waals surface area contributed by atoms with Crippen molar-refractivity contribution in [3.8, 4) is 0 Å². The molecule has 6 heteroatoms. The standard InChI is InChI=1S/C116H214N4O2/c1-11-17-23-29-35-41-47-93-59-75-101(76-60-93)117(97-67-51-89(7)52-68-97)107-87-109(119(99-71-55-91(9)56-72-99)103-79-63-95(64-80-103)49-43-37-31-25-19-13-3)115-112(122-84-46-40-34-28-22-16-6)86-106-108(118(98-69-53-90(8)54-70-98)102-77-61-94(62-78-102)48-42-36-30-24-18-12-2)88-110(116-111(85-105(107)113(115)114(106)116)121-83-45-39-33-27-21-15-5)120(100-73-57-92(10)58-74-100)104-81-65-96(66-82-104)50-44-38-32-26-20-14-4/h89-116H,11-88H2,1-10H3. The van der Waals surface area contributed by atoms with Gasteiger partial charge in [0.15, 0.2) is 0 Å². The van der Waals surface area contributed by atoms with Crippen molar-refractivity contribution >= 4 is 0 Å². The van der Waals surface area contributed by atoms with E-state index in [9.17, 15) is 0 Å². The minimum atomic E-state index is 0.361. The molecule has 12 fully saturated rings. The second kappa shape index (κ2) is 56.1. The maximum atomic E-state index is 8.59. The van der Waals surface area contributed by atoms with Gasteiger partial charge in [0.2, 0.25) is 0 Å². The monoisotopic (exact) mass is 1700 g/mol. The average Bonchev–Trinajstić information content (AvgIpc) is 0.688. The van der Waals surface area contributed by atoms with Gasteiger partial charge < -0.3 is 9.47 Å². The first-order chi connectivity index (χ1) is 60.0. The fraction of sp³-hybridized carbons (Fsp3) is 1.00. The van der Waals surface area contributed by atoms with Crippen LogP contribution in [0.2, 0.25) is 0 Å². The van der Waals surface area contributed by atoms with Gasteiger partial charge in [-0.05, 0) is 315 Å². The largest absolute Gasteiger partial charge is 0.378 e. The summed E-state index contributed by atoms with van der Waals surface area (Å²) in [5, 5.41) is 0. The van der Waals surface area contributed by atoms with Crippen molar-refractivity contribution in [2.24, 2.45) is 82.9 Å². The second-order valence-electron chi connectivity index (χ2n) is 47.6. The number of rotatable bonds is 56. The van der Waals surface area contributed by atoms with Crippen molar-refractivity contribution in [3.63, 3.8) is 0 Å². The first kappa shape index (κ1) is 101. The number of nitrogens with zero attached hydrogens (tertiary/aromatic N) is 4. The zero-order chi connectivity index (χ0) is 85.0. The quantitative estimate of drug-likeness (QED) is 0.0564. The lowest BCUT2D eigenvalue weighted by Crippen LogP contribution is -2.75. The predicted molar refractivity (Wildman–Crippen MR) is 529 cm³/mol. The summed E-state index contributed by atoms with van der Waals surface area (Å²) in [6, 6.07) is 8.38. The third-order valence-electron chi connectivity index (χ3n) is 38.7. The van der Waals surface area contributed by atoms with E-state index in [-0.39, 0.29) is 0 Å². The van der Waals surface area contributed by atoms with E-state index >= 15 is 0 Å². The van der Waals surface area contributed by atoms with Gasteiger partial charge in [-0.25, -0.2) is 0 Å². The summed E-state index contributed by atoms with van der Waals surface area (Å²) in [7, 11) is 0. The number of hydrogen-bond donors (Lipinski definition) is 0. The summed E-state index contributed by atoms with van der Waals surface area (Å²) in [6.07, 6.45) is 111. The van der Waals surface area contributed by atoms with Gasteiger partial charge in [-0.1, -0.05) is 313 Å².